The minimum atomic E-state index is -0.246. The van der Waals surface area contributed by atoms with Crippen molar-refractivity contribution in [2.45, 2.75) is 25.8 Å². The maximum absolute atomic E-state index is 13.1. The molecule has 0 saturated heterocycles. The van der Waals surface area contributed by atoms with Gasteiger partial charge in [0.05, 0.1) is 0 Å². The van der Waals surface area contributed by atoms with E-state index in [1.165, 1.54) is 17.7 Å². The third-order valence-corrected chi connectivity index (χ3v) is 3.81. The number of nitrogens with one attached hydrogen (secondary N) is 1. The lowest BCUT2D eigenvalue weighted by Gasteiger charge is -2.13. The fourth-order valence-electron chi connectivity index (χ4n) is 2.17. The van der Waals surface area contributed by atoms with E-state index in [-0.39, 0.29) is 5.82 Å². The van der Waals surface area contributed by atoms with E-state index in [2.05, 4.69) is 36.5 Å². The number of hydrogen-bond donors (Lipinski definition) is 1. The molecule has 0 fully saturated rings. The van der Waals surface area contributed by atoms with Crippen molar-refractivity contribution in [1.29, 1.82) is 0 Å². The molecule has 0 spiro atoms. The molecule has 1 atom stereocenters. The summed E-state index contributed by atoms with van der Waals surface area (Å²) in [7, 11) is 0. The maximum Gasteiger partial charge on any atom is 0.123 e. The summed E-state index contributed by atoms with van der Waals surface area (Å²) in [6.45, 7) is 3.69. The van der Waals surface area contributed by atoms with Crippen LogP contribution in [-0.2, 0) is 6.54 Å². The van der Waals surface area contributed by atoms with Gasteiger partial charge in [-0.05, 0) is 48.2 Å². The summed E-state index contributed by atoms with van der Waals surface area (Å²) in [6.07, 6.45) is 1.04. The standard InChI is InChI=1S/C17H19ClFN/c1-13(14-5-3-2-4-6-14)9-10-20-12-15-11-16(19)7-8-17(15)18/h2-8,11,13,20H,9-10,12H2,1H3. The summed E-state index contributed by atoms with van der Waals surface area (Å²) in [4.78, 5) is 0. The summed E-state index contributed by atoms with van der Waals surface area (Å²) in [5.41, 5.74) is 2.15. The Balaban J connectivity index is 1.78. The van der Waals surface area contributed by atoms with Crippen LogP contribution in [0.25, 0.3) is 0 Å². The zero-order chi connectivity index (χ0) is 14.4. The van der Waals surface area contributed by atoms with E-state index in [0.29, 0.717) is 17.5 Å². The van der Waals surface area contributed by atoms with Crippen molar-refractivity contribution in [2.24, 2.45) is 0 Å². The fraction of sp³-hybridized carbons (Fsp3) is 0.294. The van der Waals surface area contributed by atoms with E-state index < -0.39 is 0 Å². The molecule has 0 aliphatic rings. The highest BCUT2D eigenvalue weighted by atomic mass is 35.5. The summed E-state index contributed by atoms with van der Waals surface area (Å²) >= 11 is 6.03. The highest BCUT2D eigenvalue weighted by Crippen LogP contribution is 2.19. The average molecular weight is 292 g/mol. The summed E-state index contributed by atoms with van der Waals surface area (Å²) in [6, 6.07) is 14.9. The summed E-state index contributed by atoms with van der Waals surface area (Å²) < 4.78 is 13.1. The number of halogens is 2. The van der Waals surface area contributed by atoms with Crippen molar-refractivity contribution in [3.05, 3.63) is 70.5 Å². The van der Waals surface area contributed by atoms with Gasteiger partial charge in [0.2, 0.25) is 0 Å². The molecule has 0 heterocycles. The van der Waals surface area contributed by atoms with Gasteiger partial charge in [-0.1, -0.05) is 48.9 Å². The van der Waals surface area contributed by atoms with E-state index in [1.807, 2.05) is 6.07 Å². The SMILES string of the molecule is CC(CCNCc1cc(F)ccc1Cl)c1ccccc1. The van der Waals surface area contributed by atoms with Crippen LogP contribution in [0.3, 0.4) is 0 Å². The first-order valence-electron chi connectivity index (χ1n) is 6.86. The molecule has 1 unspecified atom stereocenters. The minimum absolute atomic E-state index is 0.246. The molecule has 0 amide bonds. The number of benzene rings is 2. The predicted molar refractivity (Wildman–Crippen MR) is 82.6 cm³/mol. The third-order valence-electron chi connectivity index (χ3n) is 3.45. The van der Waals surface area contributed by atoms with Crippen LogP contribution in [0.15, 0.2) is 48.5 Å². The van der Waals surface area contributed by atoms with Gasteiger partial charge < -0.3 is 5.32 Å². The van der Waals surface area contributed by atoms with Gasteiger partial charge >= 0.3 is 0 Å². The Morgan fingerprint density at radius 2 is 1.90 bits per heavy atom. The summed E-state index contributed by atoms with van der Waals surface area (Å²) in [5, 5.41) is 3.93. The lowest BCUT2D eigenvalue weighted by molar-refractivity contribution is 0.588. The molecule has 2 aromatic rings. The second-order valence-electron chi connectivity index (χ2n) is 5.01. The molecule has 106 valence electrons. The fourth-order valence-corrected chi connectivity index (χ4v) is 2.35. The largest absolute Gasteiger partial charge is 0.313 e. The predicted octanol–water partition coefficient (Wildman–Crippen LogP) is 4.76. The molecule has 1 nitrogen and oxygen atoms in total. The zero-order valence-corrected chi connectivity index (χ0v) is 12.3. The van der Waals surface area contributed by atoms with Crippen LogP contribution in [0.1, 0.15) is 30.4 Å². The van der Waals surface area contributed by atoms with Gasteiger partial charge in [0, 0.05) is 11.6 Å². The van der Waals surface area contributed by atoms with Crippen molar-refractivity contribution in [3.8, 4) is 0 Å². The van der Waals surface area contributed by atoms with Gasteiger partial charge in [-0.3, -0.25) is 0 Å². The first-order valence-corrected chi connectivity index (χ1v) is 7.24. The first kappa shape index (κ1) is 15.0. The van der Waals surface area contributed by atoms with Crippen LogP contribution in [-0.4, -0.2) is 6.54 Å². The summed E-state index contributed by atoms with van der Waals surface area (Å²) in [5.74, 6) is 0.260. The second-order valence-corrected chi connectivity index (χ2v) is 5.42. The zero-order valence-electron chi connectivity index (χ0n) is 11.6. The molecule has 2 aromatic carbocycles. The smallest absolute Gasteiger partial charge is 0.123 e. The van der Waals surface area contributed by atoms with Crippen LogP contribution in [0.2, 0.25) is 5.02 Å². The molecular formula is C17H19ClFN. The average Bonchev–Trinajstić information content (AvgIpc) is 2.47. The van der Waals surface area contributed by atoms with E-state index >= 15 is 0 Å². The molecular weight excluding hydrogens is 273 g/mol. The lowest BCUT2D eigenvalue weighted by atomic mass is 9.98. The van der Waals surface area contributed by atoms with Crippen LogP contribution in [0.4, 0.5) is 4.39 Å². The Bertz CT molecular complexity index is 542. The van der Waals surface area contributed by atoms with Crippen LogP contribution in [0.5, 0.6) is 0 Å². The third kappa shape index (κ3) is 4.32. The number of hydrogen-bond acceptors (Lipinski definition) is 1. The van der Waals surface area contributed by atoms with Crippen molar-refractivity contribution in [3.63, 3.8) is 0 Å². The Morgan fingerprint density at radius 3 is 2.65 bits per heavy atom. The normalized spacial score (nSPS) is 12.3. The van der Waals surface area contributed by atoms with Gasteiger partial charge in [-0.2, -0.15) is 0 Å². The highest BCUT2D eigenvalue weighted by Gasteiger charge is 2.05. The molecule has 0 aromatic heterocycles. The van der Waals surface area contributed by atoms with Crippen LogP contribution in [0, 0.1) is 5.82 Å². The number of rotatable bonds is 6. The molecule has 0 bridgehead atoms. The monoisotopic (exact) mass is 291 g/mol. The Morgan fingerprint density at radius 1 is 1.15 bits per heavy atom. The molecule has 1 N–H and O–H groups in total. The molecule has 0 saturated carbocycles. The van der Waals surface area contributed by atoms with E-state index in [4.69, 9.17) is 11.6 Å². The highest BCUT2D eigenvalue weighted by molar-refractivity contribution is 6.31. The van der Waals surface area contributed by atoms with Crippen molar-refractivity contribution < 1.29 is 4.39 Å². The van der Waals surface area contributed by atoms with Crippen LogP contribution >= 0.6 is 11.6 Å². The van der Waals surface area contributed by atoms with Gasteiger partial charge in [-0.25, -0.2) is 4.39 Å². The van der Waals surface area contributed by atoms with E-state index in [1.54, 1.807) is 6.07 Å². The van der Waals surface area contributed by atoms with Crippen molar-refractivity contribution in [1.82, 2.24) is 5.32 Å². The van der Waals surface area contributed by atoms with Crippen molar-refractivity contribution >= 4 is 11.6 Å². The quantitative estimate of drug-likeness (QED) is 0.757. The van der Waals surface area contributed by atoms with Gasteiger partial charge in [0.15, 0.2) is 0 Å². The minimum Gasteiger partial charge on any atom is -0.313 e. The Hall–Kier alpha value is -1.38. The molecule has 0 radical (unpaired) electrons. The topological polar surface area (TPSA) is 12.0 Å². The molecule has 0 aliphatic heterocycles. The van der Waals surface area contributed by atoms with Crippen molar-refractivity contribution in [2.75, 3.05) is 6.54 Å². The van der Waals surface area contributed by atoms with Gasteiger partial charge in [-0.15, -0.1) is 0 Å². The maximum atomic E-state index is 13.1. The van der Waals surface area contributed by atoms with E-state index in [0.717, 1.165) is 18.5 Å². The molecule has 0 aliphatic carbocycles. The molecule has 2 rings (SSSR count). The van der Waals surface area contributed by atoms with Crippen LogP contribution < -0.4 is 5.32 Å². The molecule has 20 heavy (non-hydrogen) atoms. The van der Waals surface area contributed by atoms with E-state index in [9.17, 15) is 4.39 Å². The second kappa shape index (κ2) is 7.41. The first-order chi connectivity index (χ1) is 9.66. The lowest BCUT2D eigenvalue weighted by Crippen LogP contribution is -2.17. The Kier molecular flexibility index (Phi) is 5.57. The Labute approximate surface area is 124 Å². The molecule has 3 heteroatoms. The van der Waals surface area contributed by atoms with Gasteiger partial charge in [0.1, 0.15) is 5.82 Å². The van der Waals surface area contributed by atoms with Gasteiger partial charge in [0.25, 0.3) is 0 Å².